The number of ether oxygens (including phenoxy) is 1. The van der Waals surface area contributed by atoms with E-state index in [0.29, 0.717) is 12.3 Å². The Bertz CT molecular complexity index is 190. The Morgan fingerprint density at radius 3 is 2.53 bits per heavy atom. The van der Waals surface area contributed by atoms with Crippen molar-refractivity contribution in [2.24, 2.45) is 0 Å². The van der Waals surface area contributed by atoms with Gasteiger partial charge >= 0.3 is 5.97 Å². The molecule has 1 N–H and O–H groups in total. The fourth-order valence-electron chi connectivity index (χ4n) is 1.17. The highest BCUT2D eigenvalue weighted by atomic mass is 16.5. The van der Waals surface area contributed by atoms with E-state index in [9.17, 15) is 4.79 Å². The Labute approximate surface area is 92.9 Å². The molecule has 0 saturated carbocycles. The molecule has 0 heterocycles. The molecule has 3 heteroatoms. The van der Waals surface area contributed by atoms with Crippen LogP contribution in [0.1, 0.15) is 46.0 Å². The van der Waals surface area contributed by atoms with Gasteiger partial charge in [0.15, 0.2) is 0 Å². The average molecular weight is 213 g/mol. The lowest BCUT2D eigenvalue weighted by Gasteiger charge is -2.05. The molecular formula is C12H23NO2. The van der Waals surface area contributed by atoms with Crippen LogP contribution in [-0.2, 0) is 9.53 Å². The fourth-order valence-corrected chi connectivity index (χ4v) is 1.17. The quantitative estimate of drug-likeness (QED) is 0.277. The molecule has 0 amide bonds. The van der Waals surface area contributed by atoms with Crippen LogP contribution < -0.4 is 5.32 Å². The van der Waals surface area contributed by atoms with Gasteiger partial charge in [-0.05, 0) is 19.9 Å². The predicted octanol–water partition coefficient (Wildman–Crippen LogP) is 2.62. The van der Waals surface area contributed by atoms with Gasteiger partial charge in [-0.2, -0.15) is 0 Å². The number of carbonyl (C=O) groups excluding carboxylic acids is 1. The Morgan fingerprint density at radius 1 is 1.27 bits per heavy atom. The first-order valence-electron chi connectivity index (χ1n) is 5.71. The molecule has 0 fully saturated rings. The molecule has 0 aromatic carbocycles. The van der Waals surface area contributed by atoms with E-state index in [0.717, 1.165) is 13.0 Å². The topological polar surface area (TPSA) is 38.3 Å². The van der Waals surface area contributed by atoms with Crippen LogP contribution >= 0.6 is 0 Å². The normalized spacial score (nSPS) is 10.0. The summed E-state index contributed by atoms with van der Waals surface area (Å²) in [6.07, 6.45) is 6.26. The Kier molecular flexibility index (Phi) is 9.18. The van der Waals surface area contributed by atoms with Crippen LogP contribution in [0.15, 0.2) is 12.2 Å². The van der Waals surface area contributed by atoms with Gasteiger partial charge in [-0.15, -0.1) is 0 Å². The minimum atomic E-state index is -0.325. The van der Waals surface area contributed by atoms with Crippen molar-refractivity contribution in [3.05, 3.63) is 12.2 Å². The second kappa shape index (κ2) is 9.71. The molecule has 0 unspecified atom stereocenters. The smallest absolute Gasteiger partial charge is 0.334 e. The van der Waals surface area contributed by atoms with Crippen LogP contribution in [0.4, 0.5) is 0 Å². The van der Waals surface area contributed by atoms with Crippen LogP contribution in [0, 0.1) is 0 Å². The summed E-state index contributed by atoms with van der Waals surface area (Å²) in [6.45, 7) is 8.55. The van der Waals surface area contributed by atoms with Gasteiger partial charge in [0.25, 0.3) is 0 Å². The van der Waals surface area contributed by atoms with Crippen molar-refractivity contribution in [1.29, 1.82) is 0 Å². The minimum absolute atomic E-state index is 0.291. The molecule has 0 aliphatic rings. The number of nitrogens with one attached hydrogen (secondary N) is 1. The molecule has 0 aliphatic heterocycles. The molecule has 88 valence electrons. The average Bonchev–Trinajstić information content (AvgIpc) is 2.21. The van der Waals surface area contributed by atoms with Crippen molar-refractivity contribution in [2.75, 3.05) is 13.3 Å². The first kappa shape index (κ1) is 14.2. The van der Waals surface area contributed by atoms with Crippen LogP contribution in [0.2, 0.25) is 0 Å². The maximum atomic E-state index is 11.0. The van der Waals surface area contributed by atoms with E-state index in [-0.39, 0.29) is 5.97 Å². The van der Waals surface area contributed by atoms with Crippen molar-refractivity contribution in [3.63, 3.8) is 0 Å². The lowest BCUT2D eigenvalue weighted by molar-refractivity contribution is -0.139. The Balaban J connectivity index is 3.11. The molecule has 0 aromatic heterocycles. The van der Waals surface area contributed by atoms with E-state index >= 15 is 0 Å². The Morgan fingerprint density at radius 2 is 1.93 bits per heavy atom. The summed E-state index contributed by atoms with van der Waals surface area (Å²) in [5, 5.41) is 3.06. The Hall–Kier alpha value is -0.830. The van der Waals surface area contributed by atoms with Crippen LogP contribution in [0.25, 0.3) is 0 Å². The second-order valence-corrected chi connectivity index (χ2v) is 3.77. The zero-order chi connectivity index (χ0) is 11.5. The number of unbranched alkanes of at least 4 members (excludes halogenated alkanes) is 4. The summed E-state index contributed by atoms with van der Waals surface area (Å²) in [7, 11) is 0. The van der Waals surface area contributed by atoms with Gasteiger partial charge in [0.2, 0.25) is 0 Å². The van der Waals surface area contributed by atoms with E-state index in [4.69, 9.17) is 4.74 Å². The molecule has 0 bridgehead atoms. The number of hydrogen-bond acceptors (Lipinski definition) is 3. The lowest BCUT2D eigenvalue weighted by Crippen LogP contribution is -2.22. The number of hydrogen-bond donors (Lipinski definition) is 1. The van der Waals surface area contributed by atoms with Gasteiger partial charge in [0.05, 0.1) is 0 Å². The van der Waals surface area contributed by atoms with Gasteiger partial charge < -0.3 is 4.74 Å². The summed E-state index contributed by atoms with van der Waals surface area (Å²) in [5.74, 6) is -0.325. The van der Waals surface area contributed by atoms with Crippen LogP contribution in [-0.4, -0.2) is 19.2 Å². The zero-order valence-corrected chi connectivity index (χ0v) is 9.97. The first-order chi connectivity index (χ1) is 7.18. The van der Waals surface area contributed by atoms with Gasteiger partial charge in [-0.1, -0.05) is 39.2 Å². The standard InChI is InChI=1S/C12H23NO2/c1-4-5-6-7-8-9-13-10-15-12(14)11(2)3/h13H,2,4-10H2,1,3H3. The molecule has 0 atom stereocenters. The van der Waals surface area contributed by atoms with E-state index in [2.05, 4.69) is 18.8 Å². The van der Waals surface area contributed by atoms with E-state index in [1.807, 2.05) is 0 Å². The molecule has 0 aliphatic carbocycles. The highest BCUT2D eigenvalue weighted by Crippen LogP contribution is 2.00. The molecule has 0 radical (unpaired) electrons. The monoisotopic (exact) mass is 213 g/mol. The van der Waals surface area contributed by atoms with Gasteiger partial charge in [-0.3, -0.25) is 5.32 Å². The van der Waals surface area contributed by atoms with Crippen LogP contribution in [0.3, 0.4) is 0 Å². The summed E-state index contributed by atoms with van der Waals surface area (Å²) in [6, 6.07) is 0. The lowest BCUT2D eigenvalue weighted by atomic mass is 10.1. The summed E-state index contributed by atoms with van der Waals surface area (Å²) < 4.78 is 4.88. The maximum absolute atomic E-state index is 11.0. The third-order valence-electron chi connectivity index (χ3n) is 2.11. The summed E-state index contributed by atoms with van der Waals surface area (Å²) in [4.78, 5) is 11.0. The maximum Gasteiger partial charge on any atom is 0.334 e. The minimum Gasteiger partial charge on any atom is -0.446 e. The molecule has 15 heavy (non-hydrogen) atoms. The van der Waals surface area contributed by atoms with Crippen molar-refractivity contribution < 1.29 is 9.53 Å². The van der Waals surface area contributed by atoms with Gasteiger partial charge in [0.1, 0.15) is 6.73 Å². The number of esters is 1. The highest BCUT2D eigenvalue weighted by molar-refractivity contribution is 5.86. The van der Waals surface area contributed by atoms with Crippen molar-refractivity contribution in [1.82, 2.24) is 5.32 Å². The first-order valence-corrected chi connectivity index (χ1v) is 5.71. The molecule has 0 spiro atoms. The molecular weight excluding hydrogens is 190 g/mol. The molecule has 0 aromatic rings. The van der Waals surface area contributed by atoms with E-state index < -0.39 is 0 Å². The summed E-state index contributed by atoms with van der Waals surface area (Å²) in [5.41, 5.74) is 0.444. The highest BCUT2D eigenvalue weighted by Gasteiger charge is 2.00. The van der Waals surface area contributed by atoms with Crippen molar-refractivity contribution in [3.8, 4) is 0 Å². The number of rotatable bonds is 9. The third-order valence-corrected chi connectivity index (χ3v) is 2.11. The number of carbonyl (C=O) groups is 1. The van der Waals surface area contributed by atoms with Crippen molar-refractivity contribution in [2.45, 2.75) is 46.0 Å². The van der Waals surface area contributed by atoms with Gasteiger partial charge in [0, 0.05) is 5.57 Å². The molecule has 0 rings (SSSR count). The fraction of sp³-hybridized carbons (Fsp3) is 0.750. The van der Waals surface area contributed by atoms with Crippen LogP contribution in [0.5, 0.6) is 0 Å². The third kappa shape index (κ3) is 9.47. The van der Waals surface area contributed by atoms with Crippen molar-refractivity contribution >= 4 is 5.97 Å². The van der Waals surface area contributed by atoms with E-state index in [1.165, 1.54) is 25.7 Å². The van der Waals surface area contributed by atoms with Gasteiger partial charge in [-0.25, -0.2) is 4.79 Å². The summed E-state index contributed by atoms with van der Waals surface area (Å²) >= 11 is 0. The molecule has 3 nitrogen and oxygen atoms in total. The largest absolute Gasteiger partial charge is 0.446 e. The second-order valence-electron chi connectivity index (χ2n) is 3.77. The predicted molar refractivity (Wildman–Crippen MR) is 62.5 cm³/mol. The zero-order valence-electron chi connectivity index (χ0n) is 9.97. The molecule has 0 saturated heterocycles. The van der Waals surface area contributed by atoms with E-state index in [1.54, 1.807) is 6.92 Å². The SMILES string of the molecule is C=C(C)C(=O)OCNCCCCCCC.